The van der Waals surface area contributed by atoms with E-state index in [2.05, 4.69) is 0 Å². The van der Waals surface area contributed by atoms with E-state index in [9.17, 15) is 18.8 Å². The number of halogens is 1. The molecule has 0 saturated heterocycles. The van der Waals surface area contributed by atoms with Gasteiger partial charge in [0.05, 0.1) is 18.3 Å². The van der Waals surface area contributed by atoms with Crippen LogP contribution in [-0.2, 0) is 4.79 Å². The van der Waals surface area contributed by atoms with Crippen LogP contribution in [0, 0.1) is 0 Å². The zero-order chi connectivity index (χ0) is 14.8. The number of hydrogen-bond donors (Lipinski definition) is 0. The van der Waals surface area contributed by atoms with E-state index in [-0.39, 0.29) is 32.2 Å². The molecule has 0 N–H and O–H groups in total. The molecule has 1 aromatic carbocycles. The smallest absolute Gasteiger partial charge is 0.261 e. The second-order valence-corrected chi connectivity index (χ2v) is 3.26. The fourth-order valence-electron chi connectivity index (χ4n) is 1.62. The number of carbonyl (C=O) groups is 3. The summed E-state index contributed by atoms with van der Waals surface area (Å²) in [5, 5.41) is 0. The minimum atomic E-state index is -0.308. The van der Waals surface area contributed by atoms with Crippen LogP contribution in [0.25, 0.3) is 0 Å². The standard InChI is InChI=1S/C11H9NO3.C2H6.CH3F.CH4/c13-7-3-6-12-10(14)8-4-1-2-5-9(8)11(12)15;2*1-2;/h1-2,4-5,7H,3,6H2;1-2H3;1H3;1H4. The second-order valence-electron chi connectivity index (χ2n) is 3.26. The van der Waals surface area contributed by atoms with Gasteiger partial charge >= 0.3 is 0 Å². The van der Waals surface area contributed by atoms with Crippen molar-refractivity contribution < 1.29 is 18.8 Å². The maximum Gasteiger partial charge on any atom is 0.261 e. The third kappa shape index (κ3) is 4.26. The van der Waals surface area contributed by atoms with Crippen LogP contribution in [0.15, 0.2) is 24.3 Å². The highest BCUT2D eigenvalue weighted by molar-refractivity contribution is 6.21. The van der Waals surface area contributed by atoms with Crippen LogP contribution in [0.5, 0.6) is 0 Å². The van der Waals surface area contributed by atoms with Crippen molar-refractivity contribution in [3.05, 3.63) is 35.4 Å². The van der Waals surface area contributed by atoms with Crippen LogP contribution in [0.1, 0.15) is 48.4 Å². The van der Waals surface area contributed by atoms with Gasteiger partial charge in [-0.25, -0.2) is 0 Å². The van der Waals surface area contributed by atoms with Gasteiger partial charge in [-0.3, -0.25) is 18.9 Å². The van der Waals surface area contributed by atoms with Crippen molar-refractivity contribution in [1.82, 2.24) is 4.90 Å². The minimum absolute atomic E-state index is 0. The maximum atomic E-state index is 11.7. The molecule has 0 atom stereocenters. The van der Waals surface area contributed by atoms with Gasteiger partial charge in [-0.15, -0.1) is 0 Å². The average Bonchev–Trinajstić information content (AvgIpc) is 2.74. The molecular weight excluding hydrogens is 261 g/mol. The van der Waals surface area contributed by atoms with Crippen molar-refractivity contribution in [3.8, 4) is 0 Å². The number of fused-ring (bicyclic) bond motifs is 1. The summed E-state index contributed by atoms with van der Waals surface area (Å²) >= 11 is 0. The molecule has 1 heterocycles. The van der Waals surface area contributed by atoms with Gasteiger partial charge in [0, 0.05) is 13.0 Å². The third-order valence-electron chi connectivity index (χ3n) is 2.35. The Bertz CT molecular complexity index is 411. The molecule has 1 aliphatic rings. The molecule has 2 amide bonds. The number of rotatable bonds is 3. The van der Waals surface area contributed by atoms with E-state index in [0.717, 1.165) is 4.90 Å². The first-order valence-corrected chi connectivity index (χ1v) is 6.02. The lowest BCUT2D eigenvalue weighted by Crippen LogP contribution is -2.30. The van der Waals surface area contributed by atoms with Gasteiger partial charge in [0.2, 0.25) is 0 Å². The summed E-state index contributed by atoms with van der Waals surface area (Å²) in [6.07, 6.45) is 0.884. The van der Waals surface area contributed by atoms with Crippen molar-refractivity contribution in [1.29, 1.82) is 0 Å². The van der Waals surface area contributed by atoms with E-state index >= 15 is 0 Å². The quantitative estimate of drug-likeness (QED) is 0.632. The van der Waals surface area contributed by atoms with Crippen LogP contribution in [0.4, 0.5) is 4.39 Å². The molecule has 1 aliphatic heterocycles. The summed E-state index contributed by atoms with van der Waals surface area (Å²) in [4.78, 5) is 34.7. The SMILES string of the molecule is C.CC.CF.O=CCCN1C(=O)c2ccccc2C1=O. The molecule has 0 saturated carbocycles. The largest absolute Gasteiger partial charge is 0.303 e. The topological polar surface area (TPSA) is 54.5 Å². The highest BCUT2D eigenvalue weighted by atomic mass is 19.1. The van der Waals surface area contributed by atoms with E-state index in [1.54, 1.807) is 24.3 Å². The predicted molar refractivity (Wildman–Crippen MR) is 77.6 cm³/mol. The number of imide groups is 1. The molecule has 2 rings (SSSR count). The lowest BCUT2D eigenvalue weighted by Gasteiger charge is -2.10. The molecule has 112 valence electrons. The van der Waals surface area contributed by atoms with E-state index in [4.69, 9.17) is 0 Å². The Labute approximate surface area is 119 Å². The summed E-state index contributed by atoms with van der Waals surface area (Å²) in [6, 6.07) is 6.67. The molecule has 0 fully saturated rings. The fourth-order valence-corrected chi connectivity index (χ4v) is 1.62. The average molecular weight is 283 g/mol. The lowest BCUT2D eigenvalue weighted by atomic mass is 10.1. The Hall–Kier alpha value is -2.04. The summed E-state index contributed by atoms with van der Waals surface area (Å²) in [6.45, 7) is 4.16. The van der Waals surface area contributed by atoms with Gasteiger partial charge in [-0.2, -0.15) is 0 Å². The molecular formula is C15H22FNO3. The van der Waals surface area contributed by atoms with Gasteiger partial charge < -0.3 is 4.79 Å². The predicted octanol–water partition coefficient (Wildman–Crippen LogP) is 3.12. The van der Waals surface area contributed by atoms with Crippen molar-refractivity contribution in [2.75, 3.05) is 13.7 Å². The summed E-state index contributed by atoms with van der Waals surface area (Å²) < 4.78 is 9.50. The number of benzene rings is 1. The van der Waals surface area contributed by atoms with Gasteiger partial charge in [-0.1, -0.05) is 33.4 Å². The fraction of sp³-hybridized carbons (Fsp3) is 0.400. The van der Waals surface area contributed by atoms with E-state index < -0.39 is 0 Å². The Morgan fingerprint density at radius 3 is 1.80 bits per heavy atom. The number of carbonyl (C=O) groups excluding carboxylic acids is 3. The van der Waals surface area contributed by atoms with Crippen molar-refractivity contribution >= 4 is 18.1 Å². The first kappa shape index (κ1) is 20.3. The van der Waals surface area contributed by atoms with Crippen molar-refractivity contribution in [2.45, 2.75) is 27.7 Å². The van der Waals surface area contributed by atoms with Gasteiger partial charge in [0.1, 0.15) is 6.29 Å². The molecule has 0 unspecified atom stereocenters. The molecule has 1 aromatic rings. The summed E-state index contributed by atoms with van der Waals surface area (Å²) in [7, 11) is 0.500. The zero-order valence-electron chi connectivity index (χ0n) is 11.4. The Kier molecular flexibility index (Phi) is 11.0. The number of aldehydes is 1. The van der Waals surface area contributed by atoms with E-state index in [1.165, 1.54) is 0 Å². The van der Waals surface area contributed by atoms with E-state index in [1.807, 2.05) is 13.8 Å². The van der Waals surface area contributed by atoms with Gasteiger partial charge in [-0.05, 0) is 12.1 Å². The van der Waals surface area contributed by atoms with Crippen LogP contribution in [-0.4, -0.2) is 36.7 Å². The second kappa shape index (κ2) is 10.8. The minimum Gasteiger partial charge on any atom is -0.303 e. The molecule has 5 heteroatoms. The molecule has 0 aliphatic carbocycles. The number of nitrogens with zero attached hydrogens (tertiary/aromatic N) is 1. The van der Waals surface area contributed by atoms with Crippen LogP contribution >= 0.6 is 0 Å². The molecule has 0 spiro atoms. The Balaban J connectivity index is 0. The number of hydrogen-bond acceptors (Lipinski definition) is 3. The zero-order valence-corrected chi connectivity index (χ0v) is 11.4. The van der Waals surface area contributed by atoms with Crippen LogP contribution in [0.3, 0.4) is 0 Å². The molecule has 4 nitrogen and oxygen atoms in total. The highest BCUT2D eigenvalue weighted by Crippen LogP contribution is 2.21. The summed E-state index contributed by atoms with van der Waals surface area (Å²) in [5.41, 5.74) is 0.849. The van der Waals surface area contributed by atoms with Crippen molar-refractivity contribution in [2.24, 2.45) is 0 Å². The normalized spacial score (nSPS) is 11.3. The molecule has 0 bridgehead atoms. The lowest BCUT2D eigenvalue weighted by molar-refractivity contribution is -0.107. The van der Waals surface area contributed by atoms with Crippen LogP contribution in [0.2, 0.25) is 0 Å². The Morgan fingerprint density at radius 2 is 1.45 bits per heavy atom. The molecule has 0 radical (unpaired) electrons. The monoisotopic (exact) mass is 283 g/mol. The van der Waals surface area contributed by atoms with E-state index in [0.29, 0.717) is 24.6 Å². The van der Waals surface area contributed by atoms with Gasteiger partial charge in [0.15, 0.2) is 0 Å². The first-order chi connectivity index (χ1) is 9.25. The highest BCUT2D eigenvalue weighted by Gasteiger charge is 2.34. The number of amides is 2. The summed E-state index contributed by atoms with van der Waals surface area (Å²) in [5.74, 6) is -0.616. The Morgan fingerprint density at radius 1 is 1.05 bits per heavy atom. The molecule has 0 aromatic heterocycles. The van der Waals surface area contributed by atoms with Gasteiger partial charge in [0.25, 0.3) is 11.8 Å². The third-order valence-corrected chi connectivity index (χ3v) is 2.35. The molecule has 20 heavy (non-hydrogen) atoms. The number of alkyl halides is 1. The maximum absolute atomic E-state index is 11.7. The van der Waals surface area contributed by atoms with Crippen LogP contribution < -0.4 is 0 Å². The first-order valence-electron chi connectivity index (χ1n) is 6.02. The van der Waals surface area contributed by atoms with Crippen molar-refractivity contribution in [3.63, 3.8) is 0 Å².